The standard InChI is InChI=1S/C17H19N5OS/c1-20(12-14-8-10-16(23-2)11-9-14)13-21-17(24)22(19-18-21)15-6-4-3-5-7-15/h3-11H,12-13H2,1-2H3. The summed E-state index contributed by atoms with van der Waals surface area (Å²) in [4.78, 5) is 2.13. The van der Waals surface area contributed by atoms with Crippen LogP contribution in [0.25, 0.3) is 5.69 Å². The van der Waals surface area contributed by atoms with E-state index >= 15 is 0 Å². The van der Waals surface area contributed by atoms with Gasteiger partial charge in [0.25, 0.3) is 0 Å². The summed E-state index contributed by atoms with van der Waals surface area (Å²) < 4.78 is 9.13. The van der Waals surface area contributed by atoms with Gasteiger partial charge in [-0.15, -0.1) is 0 Å². The lowest BCUT2D eigenvalue weighted by molar-refractivity contribution is 0.242. The minimum Gasteiger partial charge on any atom is -0.497 e. The molecule has 0 fully saturated rings. The van der Waals surface area contributed by atoms with Gasteiger partial charge in [-0.2, -0.15) is 4.68 Å². The van der Waals surface area contributed by atoms with Gasteiger partial charge in [0.15, 0.2) is 0 Å². The smallest absolute Gasteiger partial charge is 0.221 e. The number of benzene rings is 2. The van der Waals surface area contributed by atoms with Crippen molar-refractivity contribution in [1.29, 1.82) is 0 Å². The zero-order chi connectivity index (χ0) is 16.9. The van der Waals surface area contributed by atoms with Crippen molar-refractivity contribution in [3.05, 3.63) is 64.9 Å². The summed E-state index contributed by atoms with van der Waals surface area (Å²) in [5.74, 6) is 0.856. The maximum atomic E-state index is 5.48. The summed E-state index contributed by atoms with van der Waals surface area (Å²) in [6.07, 6.45) is 0. The van der Waals surface area contributed by atoms with Gasteiger partial charge in [-0.25, -0.2) is 4.68 Å². The fourth-order valence-electron chi connectivity index (χ4n) is 2.42. The zero-order valence-electron chi connectivity index (χ0n) is 13.7. The van der Waals surface area contributed by atoms with E-state index in [1.807, 2.05) is 49.5 Å². The third-order valence-corrected chi connectivity index (χ3v) is 4.01. The minimum absolute atomic E-state index is 0.567. The second kappa shape index (κ2) is 7.37. The number of nitrogens with zero attached hydrogens (tertiary/aromatic N) is 5. The van der Waals surface area contributed by atoms with Gasteiger partial charge in [0.2, 0.25) is 4.77 Å². The molecular formula is C17H19N5OS. The topological polar surface area (TPSA) is 48.1 Å². The fourth-order valence-corrected chi connectivity index (χ4v) is 2.65. The molecule has 1 heterocycles. The SMILES string of the molecule is COc1ccc(CN(C)Cn2nnn(-c3ccccc3)c2=S)cc1. The van der Waals surface area contributed by atoms with Crippen molar-refractivity contribution in [3.8, 4) is 11.4 Å². The number of hydrogen-bond acceptors (Lipinski definition) is 5. The molecule has 7 heteroatoms. The van der Waals surface area contributed by atoms with Crippen molar-refractivity contribution in [1.82, 2.24) is 24.7 Å². The number of para-hydroxylation sites is 1. The maximum Gasteiger partial charge on any atom is 0.221 e. The molecule has 124 valence electrons. The molecule has 0 spiro atoms. The molecule has 0 aliphatic heterocycles. The molecule has 0 N–H and O–H groups in total. The average molecular weight is 341 g/mol. The number of hydrogen-bond donors (Lipinski definition) is 0. The molecule has 1 aromatic heterocycles. The van der Waals surface area contributed by atoms with Crippen molar-refractivity contribution < 1.29 is 4.74 Å². The average Bonchev–Trinajstić information content (AvgIpc) is 2.97. The van der Waals surface area contributed by atoms with E-state index in [1.165, 1.54) is 5.56 Å². The van der Waals surface area contributed by atoms with Crippen molar-refractivity contribution in [2.24, 2.45) is 0 Å². The number of ether oxygens (including phenoxy) is 1. The summed E-state index contributed by atoms with van der Waals surface area (Å²) in [5.41, 5.74) is 2.10. The predicted octanol–water partition coefficient (Wildman–Crippen LogP) is 2.90. The summed E-state index contributed by atoms with van der Waals surface area (Å²) in [6.45, 7) is 1.35. The molecular weight excluding hydrogens is 322 g/mol. The molecule has 6 nitrogen and oxygen atoms in total. The zero-order valence-corrected chi connectivity index (χ0v) is 14.5. The van der Waals surface area contributed by atoms with Crippen molar-refractivity contribution in [2.45, 2.75) is 13.2 Å². The van der Waals surface area contributed by atoms with Gasteiger partial charge in [0, 0.05) is 6.54 Å². The molecule has 0 saturated carbocycles. The highest BCUT2D eigenvalue weighted by atomic mass is 32.1. The van der Waals surface area contributed by atoms with Crippen LogP contribution in [0.15, 0.2) is 54.6 Å². The normalized spacial score (nSPS) is 11.0. The molecule has 3 rings (SSSR count). The van der Waals surface area contributed by atoms with Gasteiger partial charge in [-0.05, 0) is 59.5 Å². The van der Waals surface area contributed by atoms with Crippen molar-refractivity contribution >= 4 is 12.2 Å². The van der Waals surface area contributed by atoms with E-state index in [2.05, 4.69) is 27.5 Å². The predicted molar refractivity (Wildman–Crippen MR) is 94.6 cm³/mol. The van der Waals surface area contributed by atoms with Crippen LogP contribution in [0.4, 0.5) is 0 Å². The maximum absolute atomic E-state index is 5.48. The first-order chi connectivity index (χ1) is 11.7. The van der Waals surface area contributed by atoms with Gasteiger partial charge in [-0.3, -0.25) is 4.90 Å². The summed E-state index contributed by atoms with van der Waals surface area (Å²) in [7, 11) is 3.69. The van der Waals surface area contributed by atoms with Crippen LogP contribution in [0.1, 0.15) is 5.56 Å². The fraction of sp³-hybridized carbons (Fsp3) is 0.235. The molecule has 0 atom stereocenters. The van der Waals surface area contributed by atoms with Crippen LogP contribution in [0, 0.1) is 4.77 Å². The number of aromatic nitrogens is 4. The van der Waals surface area contributed by atoms with Crippen LogP contribution >= 0.6 is 12.2 Å². The Labute approximate surface area is 145 Å². The van der Waals surface area contributed by atoms with E-state index < -0.39 is 0 Å². The molecule has 0 aliphatic carbocycles. The third-order valence-electron chi connectivity index (χ3n) is 3.63. The highest BCUT2D eigenvalue weighted by Crippen LogP contribution is 2.13. The van der Waals surface area contributed by atoms with Gasteiger partial charge in [-0.1, -0.05) is 30.3 Å². The molecule has 2 aromatic carbocycles. The second-order valence-electron chi connectivity index (χ2n) is 5.51. The Morgan fingerprint density at radius 2 is 1.75 bits per heavy atom. The largest absolute Gasteiger partial charge is 0.497 e. The Kier molecular flexibility index (Phi) is 5.02. The van der Waals surface area contributed by atoms with Gasteiger partial charge >= 0.3 is 0 Å². The quantitative estimate of drug-likeness (QED) is 0.645. The van der Waals surface area contributed by atoms with E-state index in [-0.39, 0.29) is 0 Å². The molecule has 0 amide bonds. The third kappa shape index (κ3) is 3.69. The van der Waals surface area contributed by atoms with Gasteiger partial charge in [0.1, 0.15) is 5.75 Å². The summed E-state index contributed by atoms with van der Waals surface area (Å²) in [6, 6.07) is 17.8. The summed E-state index contributed by atoms with van der Waals surface area (Å²) >= 11 is 5.48. The molecule has 0 bridgehead atoms. The van der Waals surface area contributed by atoms with Crippen LogP contribution in [0.3, 0.4) is 0 Å². The number of rotatable bonds is 6. The molecule has 0 saturated heterocycles. The Hall–Kier alpha value is -2.51. The van der Waals surface area contributed by atoms with Crippen LogP contribution in [0.5, 0.6) is 5.75 Å². The highest BCUT2D eigenvalue weighted by molar-refractivity contribution is 7.71. The Bertz CT molecular complexity index is 841. The minimum atomic E-state index is 0.567. The van der Waals surface area contributed by atoms with E-state index in [1.54, 1.807) is 16.5 Å². The second-order valence-corrected chi connectivity index (χ2v) is 5.88. The lowest BCUT2D eigenvalue weighted by Crippen LogP contribution is -2.22. The monoisotopic (exact) mass is 341 g/mol. The van der Waals surface area contributed by atoms with Crippen molar-refractivity contribution in [3.63, 3.8) is 0 Å². The summed E-state index contributed by atoms with van der Waals surface area (Å²) in [5, 5.41) is 8.32. The molecule has 0 aliphatic rings. The Morgan fingerprint density at radius 3 is 2.42 bits per heavy atom. The van der Waals surface area contributed by atoms with Gasteiger partial charge in [0.05, 0.1) is 19.5 Å². The number of methoxy groups -OCH3 is 1. The molecule has 0 unspecified atom stereocenters. The van der Waals surface area contributed by atoms with E-state index in [9.17, 15) is 0 Å². The van der Waals surface area contributed by atoms with E-state index in [0.29, 0.717) is 11.4 Å². The lowest BCUT2D eigenvalue weighted by atomic mass is 10.2. The van der Waals surface area contributed by atoms with Crippen LogP contribution < -0.4 is 4.74 Å². The molecule has 0 radical (unpaired) electrons. The lowest BCUT2D eigenvalue weighted by Gasteiger charge is -2.16. The molecule has 3 aromatic rings. The first-order valence-electron chi connectivity index (χ1n) is 7.57. The van der Waals surface area contributed by atoms with Crippen LogP contribution in [0.2, 0.25) is 0 Å². The number of tetrazole rings is 1. The Morgan fingerprint density at radius 1 is 1.04 bits per heavy atom. The van der Waals surface area contributed by atoms with E-state index in [0.717, 1.165) is 18.0 Å². The highest BCUT2D eigenvalue weighted by Gasteiger charge is 2.08. The van der Waals surface area contributed by atoms with E-state index in [4.69, 9.17) is 17.0 Å². The van der Waals surface area contributed by atoms with Crippen LogP contribution in [-0.2, 0) is 13.2 Å². The first-order valence-corrected chi connectivity index (χ1v) is 7.98. The Balaban J connectivity index is 1.69. The van der Waals surface area contributed by atoms with Crippen molar-refractivity contribution in [2.75, 3.05) is 14.2 Å². The van der Waals surface area contributed by atoms with Gasteiger partial charge < -0.3 is 4.74 Å². The van der Waals surface area contributed by atoms with Crippen LogP contribution in [-0.4, -0.2) is 38.8 Å². The molecule has 24 heavy (non-hydrogen) atoms. The first kappa shape index (κ1) is 16.4.